The Morgan fingerprint density at radius 3 is 2.56 bits per heavy atom. The monoisotopic (exact) mass is 479 g/mol. The Kier molecular flexibility index (Phi) is 7.05. The first kappa shape index (κ1) is 23.6. The molecule has 1 heterocycles. The maximum absolute atomic E-state index is 13.9. The molecule has 0 aliphatic rings. The van der Waals surface area contributed by atoms with Gasteiger partial charge in [0.2, 0.25) is 5.95 Å². The van der Waals surface area contributed by atoms with Gasteiger partial charge < -0.3 is 5.32 Å². The summed E-state index contributed by atoms with van der Waals surface area (Å²) in [7, 11) is -3.56. The van der Waals surface area contributed by atoms with E-state index in [4.69, 9.17) is 11.6 Å². The van der Waals surface area contributed by atoms with E-state index in [1.54, 1.807) is 32.0 Å². The molecule has 2 aromatic carbocycles. The van der Waals surface area contributed by atoms with Crippen LogP contribution in [0.5, 0.6) is 0 Å². The summed E-state index contributed by atoms with van der Waals surface area (Å²) in [5.74, 6) is -1.27. The first-order valence-electron chi connectivity index (χ1n) is 9.48. The molecule has 0 saturated carbocycles. The zero-order chi connectivity index (χ0) is 23.5. The van der Waals surface area contributed by atoms with Crippen LogP contribution in [-0.2, 0) is 9.84 Å². The predicted octanol–water partition coefficient (Wildman–Crippen LogP) is 5.17. The van der Waals surface area contributed by atoms with Crippen molar-refractivity contribution in [3.8, 4) is 0 Å². The standard InChI is InChI=1S/C21H20ClF2N5O2S/c1-12(2)32(30,31)19-7-5-4-6-18(19)26-20-16(22)11-25-21(27-20)29-28-13(3)15-9-8-14(23)10-17(15)24/h4-12H,1-3H3,(H2,25,26,27,29)/b28-13+. The summed E-state index contributed by atoms with van der Waals surface area (Å²) in [5, 5.41) is 6.48. The van der Waals surface area contributed by atoms with Crippen molar-refractivity contribution in [1.82, 2.24) is 9.97 Å². The number of hydrogen-bond acceptors (Lipinski definition) is 7. The predicted molar refractivity (Wildman–Crippen MR) is 121 cm³/mol. The minimum Gasteiger partial charge on any atom is -0.338 e. The third kappa shape index (κ3) is 5.20. The SMILES string of the molecule is C/C(=N\Nc1ncc(Cl)c(Nc2ccccc2S(=O)(=O)C(C)C)n1)c1ccc(F)cc1F. The van der Waals surface area contributed by atoms with Crippen molar-refractivity contribution in [2.24, 2.45) is 5.10 Å². The van der Waals surface area contributed by atoms with Gasteiger partial charge in [0.15, 0.2) is 15.7 Å². The normalized spacial score (nSPS) is 12.2. The molecule has 0 spiro atoms. The van der Waals surface area contributed by atoms with Gasteiger partial charge in [0.1, 0.15) is 16.7 Å². The first-order valence-corrected chi connectivity index (χ1v) is 11.4. The lowest BCUT2D eigenvalue weighted by atomic mass is 10.1. The Morgan fingerprint density at radius 2 is 1.88 bits per heavy atom. The largest absolute Gasteiger partial charge is 0.338 e. The molecule has 0 aliphatic heterocycles. The highest BCUT2D eigenvalue weighted by Gasteiger charge is 2.23. The summed E-state index contributed by atoms with van der Waals surface area (Å²) in [6.07, 6.45) is 1.31. The van der Waals surface area contributed by atoms with E-state index in [-0.39, 0.29) is 33.0 Å². The third-order valence-electron chi connectivity index (χ3n) is 4.46. The number of nitrogens with zero attached hydrogens (tertiary/aromatic N) is 3. The van der Waals surface area contributed by atoms with E-state index >= 15 is 0 Å². The van der Waals surface area contributed by atoms with Crippen molar-refractivity contribution in [3.05, 3.63) is 70.9 Å². The van der Waals surface area contributed by atoms with E-state index in [0.717, 1.165) is 12.1 Å². The number of sulfone groups is 1. The zero-order valence-corrected chi connectivity index (χ0v) is 19.0. The molecule has 0 fully saturated rings. The van der Waals surface area contributed by atoms with E-state index in [0.29, 0.717) is 5.69 Å². The number of benzene rings is 2. The summed E-state index contributed by atoms with van der Waals surface area (Å²) < 4.78 is 52.3. The smallest absolute Gasteiger partial charge is 0.245 e. The summed E-state index contributed by atoms with van der Waals surface area (Å²) in [5.41, 5.74) is 3.25. The van der Waals surface area contributed by atoms with Crippen molar-refractivity contribution >= 4 is 44.6 Å². The summed E-state index contributed by atoms with van der Waals surface area (Å²) in [4.78, 5) is 8.34. The zero-order valence-electron chi connectivity index (χ0n) is 17.4. The molecule has 168 valence electrons. The molecule has 2 N–H and O–H groups in total. The van der Waals surface area contributed by atoms with Crippen molar-refractivity contribution in [3.63, 3.8) is 0 Å². The second kappa shape index (κ2) is 9.58. The van der Waals surface area contributed by atoms with Crippen LogP contribution in [0.3, 0.4) is 0 Å². The van der Waals surface area contributed by atoms with Crippen LogP contribution in [0.1, 0.15) is 26.3 Å². The fourth-order valence-electron chi connectivity index (χ4n) is 2.69. The number of hydrazone groups is 1. The van der Waals surface area contributed by atoms with Gasteiger partial charge >= 0.3 is 0 Å². The van der Waals surface area contributed by atoms with Crippen LogP contribution < -0.4 is 10.7 Å². The number of anilines is 3. The van der Waals surface area contributed by atoms with E-state index in [1.807, 2.05) is 0 Å². The molecule has 0 amide bonds. The molecule has 3 aromatic rings. The van der Waals surface area contributed by atoms with Gasteiger partial charge in [0.05, 0.1) is 27.7 Å². The van der Waals surface area contributed by atoms with Gasteiger partial charge in [-0.15, -0.1) is 0 Å². The lowest BCUT2D eigenvalue weighted by Gasteiger charge is -2.15. The molecular formula is C21H20ClF2N5O2S. The third-order valence-corrected chi connectivity index (χ3v) is 6.94. The van der Waals surface area contributed by atoms with E-state index in [2.05, 4.69) is 25.8 Å². The van der Waals surface area contributed by atoms with Crippen molar-refractivity contribution < 1.29 is 17.2 Å². The number of rotatable bonds is 7. The van der Waals surface area contributed by atoms with E-state index in [9.17, 15) is 17.2 Å². The van der Waals surface area contributed by atoms with Crippen molar-refractivity contribution in [2.45, 2.75) is 30.9 Å². The lowest BCUT2D eigenvalue weighted by Crippen LogP contribution is -2.15. The highest BCUT2D eigenvalue weighted by atomic mass is 35.5. The molecule has 1 aromatic heterocycles. The Bertz CT molecular complexity index is 1280. The number of nitrogens with one attached hydrogen (secondary N) is 2. The molecular weight excluding hydrogens is 460 g/mol. The maximum atomic E-state index is 13.9. The van der Waals surface area contributed by atoms with Gasteiger partial charge in [-0.3, -0.25) is 0 Å². The van der Waals surface area contributed by atoms with Gasteiger partial charge in [-0.25, -0.2) is 27.6 Å². The molecule has 3 rings (SSSR count). The van der Waals surface area contributed by atoms with Crippen LogP contribution in [0.25, 0.3) is 0 Å². The second-order valence-corrected chi connectivity index (χ2v) is 9.92. The van der Waals surface area contributed by atoms with Gasteiger partial charge in [-0.1, -0.05) is 23.7 Å². The summed E-state index contributed by atoms with van der Waals surface area (Å²) in [6, 6.07) is 9.56. The highest BCUT2D eigenvalue weighted by molar-refractivity contribution is 7.92. The summed E-state index contributed by atoms with van der Waals surface area (Å²) in [6.45, 7) is 4.72. The van der Waals surface area contributed by atoms with Crippen molar-refractivity contribution in [2.75, 3.05) is 10.7 Å². The van der Waals surface area contributed by atoms with Gasteiger partial charge in [-0.05, 0) is 45.0 Å². The topological polar surface area (TPSA) is 96.3 Å². The molecule has 0 saturated heterocycles. The lowest BCUT2D eigenvalue weighted by molar-refractivity contribution is 0.581. The molecule has 7 nitrogen and oxygen atoms in total. The van der Waals surface area contributed by atoms with E-state index in [1.165, 1.54) is 25.3 Å². The van der Waals surface area contributed by atoms with Gasteiger partial charge in [0.25, 0.3) is 0 Å². The Labute approximate surface area is 189 Å². The molecule has 0 bridgehead atoms. The minimum absolute atomic E-state index is 0.0305. The molecule has 0 radical (unpaired) electrons. The second-order valence-electron chi connectivity index (χ2n) is 7.04. The highest BCUT2D eigenvalue weighted by Crippen LogP contribution is 2.30. The number of hydrogen-bond donors (Lipinski definition) is 2. The molecule has 0 aliphatic carbocycles. The molecule has 0 unspecified atom stereocenters. The molecule has 11 heteroatoms. The van der Waals surface area contributed by atoms with Gasteiger partial charge in [-0.2, -0.15) is 10.1 Å². The maximum Gasteiger partial charge on any atom is 0.245 e. The average Bonchev–Trinajstić information content (AvgIpc) is 2.74. The first-order chi connectivity index (χ1) is 15.1. The number of para-hydroxylation sites is 1. The van der Waals surface area contributed by atoms with Crippen molar-refractivity contribution in [1.29, 1.82) is 0 Å². The minimum atomic E-state index is -3.56. The Morgan fingerprint density at radius 1 is 1.16 bits per heavy atom. The van der Waals surface area contributed by atoms with Crippen LogP contribution in [-0.4, -0.2) is 29.3 Å². The van der Waals surface area contributed by atoms with E-state index < -0.39 is 26.7 Å². The fraction of sp³-hybridized carbons (Fsp3) is 0.190. The number of aromatic nitrogens is 2. The molecule has 32 heavy (non-hydrogen) atoms. The van der Waals surface area contributed by atoms with Gasteiger partial charge in [0, 0.05) is 11.6 Å². The Hall–Kier alpha value is -3.11. The van der Waals surface area contributed by atoms with Crippen LogP contribution in [0.4, 0.5) is 26.2 Å². The summed E-state index contributed by atoms with van der Waals surface area (Å²) >= 11 is 6.18. The average molecular weight is 480 g/mol. The van der Waals surface area contributed by atoms with Crippen LogP contribution in [0.15, 0.2) is 58.7 Å². The van der Waals surface area contributed by atoms with Crippen LogP contribution >= 0.6 is 11.6 Å². The number of halogens is 3. The Balaban J connectivity index is 1.88. The quantitative estimate of drug-likeness (QED) is 0.358. The van der Waals surface area contributed by atoms with Crippen LogP contribution in [0.2, 0.25) is 5.02 Å². The fourth-order valence-corrected chi connectivity index (χ4v) is 4.03. The molecule has 0 atom stereocenters. The van der Waals surface area contributed by atoms with Crippen LogP contribution in [0, 0.1) is 11.6 Å².